The second-order valence-electron chi connectivity index (χ2n) is 3.21. The van der Waals surface area contributed by atoms with Crippen LogP contribution in [0.1, 0.15) is 13.8 Å². The third-order valence-electron chi connectivity index (χ3n) is 1.89. The van der Waals surface area contributed by atoms with Crippen molar-refractivity contribution >= 4 is 17.3 Å². The van der Waals surface area contributed by atoms with Crippen LogP contribution < -0.4 is 5.32 Å². The molecule has 0 aromatic rings. The highest BCUT2D eigenvalue weighted by molar-refractivity contribution is 7.80. The summed E-state index contributed by atoms with van der Waals surface area (Å²) in [5.74, 6) is 0. The zero-order chi connectivity index (χ0) is 10.3. The van der Waals surface area contributed by atoms with Gasteiger partial charge in [-0.2, -0.15) is 0 Å². The Morgan fingerprint density at radius 3 is 2.15 bits per heavy atom. The van der Waals surface area contributed by atoms with Gasteiger partial charge in [-0.15, -0.1) is 0 Å². The lowest BCUT2D eigenvalue weighted by Gasteiger charge is -2.23. The van der Waals surface area contributed by atoms with Gasteiger partial charge in [0.25, 0.3) is 0 Å². The van der Waals surface area contributed by atoms with Gasteiger partial charge in [0.15, 0.2) is 5.11 Å². The first-order chi connectivity index (χ1) is 6.11. The summed E-state index contributed by atoms with van der Waals surface area (Å²) in [6.07, 6.45) is 0. The minimum atomic E-state index is 0.867. The standard InChI is InChI=1S/C9H21N3S/c1-5-12(6-2)9(13)10-7-8-11(3)4/h5-8H2,1-4H3,(H,10,13). The van der Waals surface area contributed by atoms with Gasteiger partial charge in [0.2, 0.25) is 0 Å². The zero-order valence-electron chi connectivity index (χ0n) is 9.13. The Kier molecular flexibility index (Phi) is 6.90. The molecule has 0 aliphatic heterocycles. The lowest BCUT2D eigenvalue weighted by molar-refractivity contribution is 0.402. The predicted molar refractivity (Wildman–Crippen MR) is 62.1 cm³/mol. The summed E-state index contributed by atoms with van der Waals surface area (Å²) in [5.41, 5.74) is 0. The van der Waals surface area contributed by atoms with E-state index >= 15 is 0 Å². The summed E-state index contributed by atoms with van der Waals surface area (Å²) in [7, 11) is 4.12. The van der Waals surface area contributed by atoms with Crippen molar-refractivity contribution in [1.82, 2.24) is 15.1 Å². The molecular formula is C9H21N3S. The van der Waals surface area contributed by atoms with Gasteiger partial charge in [-0.05, 0) is 40.2 Å². The molecule has 0 fully saturated rings. The van der Waals surface area contributed by atoms with Crippen LogP contribution in [0.15, 0.2) is 0 Å². The van der Waals surface area contributed by atoms with Crippen molar-refractivity contribution in [2.75, 3.05) is 40.3 Å². The van der Waals surface area contributed by atoms with Gasteiger partial charge in [0.1, 0.15) is 0 Å². The summed E-state index contributed by atoms with van der Waals surface area (Å²) < 4.78 is 0. The summed E-state index contributed by atoms with van der Waals surface area (Å²) in [6.45, 7) is 8.12. The van der Waals surface area contributed by atoms with Crippen molar-refractivity contribution in [3.8, 4) is 0 Å². The Balaban J connectivity index is 3.60. The van der Waals surface area contributed by atoms with Crippen molar-refractivity contribution in [2.45, 2.75) is 13.8 Å². The molecular weight excluding hydrogens is 182 g/mol. The van der Waals surface area contributed by atoms with Crippen LogP contribution in [0.2, 0.25) is 0 Å². The molecule has 0 rings (SSSR count). The molecule has 0 amide bonds. The number of nitrogens with one attached hydrogen (secondary N) is 1. The van der Waals surface area contributed by atoms with E-state index in [1.54, 1.807) is 0 Å². The molecule has 13 heavy (non-hydrogen) atoms. The van der Waals surface area contributed by atoms with E-state index in [-0.39, 0.29) is 0 Å². The third-order valence-corrected chi connectivity index (χ3v) is 2.29. The normalized spacial score (nSPS) is 10.2. The second kappa shape index (κ2) is 7.09. The van der Waals surface area contributed by atoms with E-state index in [1.165, 1.54) is 0 Å². The highest BCUT2D eigenvalue weighted by atomic mass is 32.1. The summed E-state index contributed by atoms with van der Waals surface area (Å²) in [6, 6.07) is 0. The minimum absolute atomic E-state index is 0.867. The topological polar surface area (TPSA) is 18.5 Å². The number of hydrogen-bond donors (Lipinski definition) is 1. The Hall–Kier alpha value is -0.350. The molecule has 0 aliphatic rings. The average molecular weight is 203 g/mol. The fourth-order valence-corrected chi connectivity index (χ4v) is 1.37. The van der Waals surface area contributed by atoms with Crippen molar-refractivity contribution in [3.05, 3.63) is 0 Å². The molecule has 1 N–H and O–H groups in total. The van der Waals surface area contributed by atoms with Crippen molar-refractivity contribution < 1.29 is 0 Å². The second-order valence-corrected chi connectivity index (χ2v) is 3.59. The van der Waals surface area contributed by atoms with E-state index in [9.17, 15) is 0 Å². The third kappa shape index (κ3) is 5.82. The fourth-order valence-electron chi connectivity index (χ4n) is 1.01. The number of hydrogen-bond acceptors (Lipinski definition) is 2. The first kappa shape index (κ1) is 12.7. The van der Waals surface area contributed by atoms with E-state index in [0.717, 1.165) is 31.3 Å². The van der Waals surface area contributed by atoms with Crippen LogP contribution in [0.5, 0.6) is 0 Å². The molecule has 0 aromatic carbocycles. The monoisotopic (exact) mass is 203 g/mol. The van der Waals surface area contributed by atoms with Gasteiger partial charge in [-0.25, -0.2) is 0 Å². The Morgan fingerprint density at radius 2 is 1.77 bits per heavy atom. The molecule has 0 atom stereocenters. The lowest BCUT2D eigenvalue weighted by Crippen LogP contribution is -2.41. The van der Waals surface area contributed by atoms with Gasteiger partial charge < -0.3 is 15.1 Å². The predicted octanol–water partition coefficient (Wildman–Crippen LogP) is 0.764. The molecule has 0 unspecified atom stereocenters. The number of thiocarbonyl (C=S) groups is 1. The zero-order valence-corrected chi connectivity index (χ0v) is 9.95. The molecule has 0 saturated carbocycles. The van der Waals surface area contributed by atoms with Gasteiger partial charge in [-0.3, -0.25) is 0 Å². The van der Waals surface area contributed by atoms with Gasteiger partial charge in [0, 0.05) is 26.2 Å². The molecule has 3 nitrogen and oxygen atoms in total. The highest BCUT2D eigenvalue weighted by Gasteiger charge is 2.02. The quantitative estimate of drug-likeness (QED) is 0.665. The minimum Gasteiger partial charge on any atom is -0.361 e. The Morgan fingerprint density at radius 1 is 1.23 bits per heavy atom. The van der Waals surface area contributed by atoms with Crippen LogP contribution in [0.3, 0.4) is 0 Å². The largest absolute Gasteiger partial charge is 0.361 e. The summed E-state index contributed by atoms with van der Waals surface area (Å²) >= 11 is 5.22. The van der Waals surface area contributed by atoms with Crippen molar-refractivity contribution in [2.24, 2.45) is 0 Å². The number of nitrogens with zero attached hydrogens (tertiary/aromatic N) is 2. The molecule has 0 bridgehead atoms. The Labute approximate surface area is 87.1 Å². The van der Waals surface area contributed by atoms with Crippen LogP contribution in [-0.4, -0.2) is 55.2 Å². The van der Waals surface area contributed by atoms with E-state index in [4.69, 9.17) is 12.2 Å². The SMILES string of the molecule is CCN(CC)C(=S)NCCN(C)C. The van der Waals surface area contributed by atoms with Crippen LogP contribution in [0, 0.1) is 0 Å². The highest BCUT2D eigenvalue weighted by Crippen LogP contribution is 1.88. The van der Waals surface area contributed by atoms with Crippen molar-refractivity contribution in [3.63, 3.8) is 0 Å². The molecule has 0 aromatic heterocycles. The summed E-state index contributed by atoms with van der Waals surface area (Å²) in [4.78, 5) is 4.28. The smallest absolute Gasteiger partial charge is 0.168 e. The van der Waals surface area contributed by atoms with Gasteiger partial charge in [-0.1, -0.05) is 0 Å². The molecule has 0 saturated heterocycles. The molecule has 0 heterocycles. The van der Waals surface area contributed by atoms with E-state index in [0.29, 0.717) is 0 Å². The molecule has 78 valence electrons. The van der Waals surface area contributed by atoms with Crippen LogP contribution in [-0.2, 0) is 0 Å². The van der Waals surface area contributed by atoms with Gasteiger partial charge >= 0.3 is 0 Å². The van der Waals surface area contributed by atoms with Crippen LogP contribution in [0.4, 0.5) is 0 Å². The molecule has 4 heteroatoms. The maximum atomic E-state index is 5.22. The van der Waals surface area contributed by atoms with Crippen LogP contribution >= 0.6 is 12.2 Å². The molecule has 0 radical (unpaired) electrons. The fraction of sp³-hybridized carbons (Fsp3) is 0.889. The number of likely N-dealkylation sites (N-methyl/N-ethyl adjacent to an activating group) is 1. The van der Waals surface area contributed by atoms with E-state index in [2.05, 4.69) is 43.1 Å². The lowest BCUT2D eigenvalue weighted by atomic mass is 10.5. The first-order valence-corrected chi connectivity index (χ1v) is 5.20. The molecule has 0 aliphatic carbocycles. The molecule has 0 spiro atoms. The number of rotatable bonds is 5. The summed E-state index contributed by atoms with van der Waals surface area (Å²) in [5, 5.41) is 4.10. The van der Waals surface area contributed by atoms with Crippen LogP contribution in [0.25, 0.3) is 0 Å². The maximum Gasteiger partial charge on any atom is 0.168 e. The Bertz CT molecular complexity index is 144. The van der Waals surface area contributed by atoms with E-state index < -0.39 is 0 Å². The maximum absolute atomic E-state index is 5.22. The average Bonchev–Trinajstić information content (AvgIpc) is 2.05. The first-order valence-electron chi connectivity index (χ1n) is 4.79. The van der Waals surface area contributed by atoms with E-state index in [1.807, 2.05) is 0 Å². The van der Waals surface area contributed by atoms with Crippen molar-refractivity contribution in [1.29, 1.82) is 0 Å². The van der Waals surface area contributed by atoms with Gasteiger partial charge in [0.05, 0.1) is 0 Å².